The first-order valence-electron chi connectivity index (χ1n) is 5.64. The van der Waals surface area contributed by atoms with Crippen molar-refractivity contribution in [3.05, 3.63) is 51.6 Å². The Morgan fingerprint density at radius 1 is 1.53 bits per heavy atom. The number of aryl methyl sites for hydroxylation is 1. The lowest BCUT2D eigenvalue weighted by Gasteiger charge is -2.06. The minimum absolute atomic E-state index is 0.475. The summed E-state index contributed by atoms with van der Waals surface area (Å²) < 4.78 is 14.9. The quantitative estimate of drug-likeness (QED) is 0.679. The van der Waals surface area contributed by atoms with Gasteiger partial charge in [-0.3, -0.25) is 14.8 Å². The first-order chi connectivity index (χ1) is 8.99. The zero-order valence-corrected chi connectivity index (χ0v) is 10.6. The van der Waals surface area contributed by atoms with E-state index in [9.17, 15) is 14.5 Å². The number of rotatable bonds is 4. The van der Waals surface area contributed by atoms with Gasteiger partial charge in [0, 0.05) is 36.6 Å². The molecule has 0 spiro atoms. The van der Waals surface area contributed by atoms with Crippen LogP contribution < -0.4 is 5.32 Å². The van der Waals surface area contributed by atoms with Gasteiger partial charge in [-0.05, 0) is 19.1 Å². The maximum Gasteiger partial charge on any atom is 0.306 e. The highest BCUT2D eigenvalue weighted by molar-refractivity contribution is 5.52. The molecule has 0 unspecified atom stereocenters. The summed E-state index contributed by atoms with van der Waals surface area (Å²) in [6, 6.07) is 3.73. The molecule has 1 aromatic heterocycles. The van der Waals surface area contributed by atoms with Crippen molar-refractivity contribution in [1.82, 2.24) is 9.78 Å². The molecule has 0 aliphatic heterocycles. The van der Waals surface area contributed by atoms with Crippen LogP contribution in [0.5, 0.6) is 0 Å². The normalized spacial score (nSPS) is 10.5. The van der Waals surface area contributed by atoms with E-state index in [0.29, 0.717) is 12.2 Å². The average molecular weight is 264 g/mol. The highest BCUT2D eigenvalue weighted by Crippen LogP contribution is 2.22. The van der Waals surface area contributed by atoms with Gasteiger partial charge in [0.1, 0.15) is 0 Å². The number of benzene rings is 1. The van der Waals surface area contributed by atoms with E-state index in [2.05, 4.69) is 10.4 Å². The van der Waals surface area contributed by atoms with Crippen LogP contribution in [0.4, 0.5) is 15.8 Å². The molecular formula is C12H13FN4O2. The highest BCUT2D eigenvalue weighted by Gasteiger charge is 2.14. The first-order valence-corrected chi connectivity index (χ1v) is 5.64. The Morgan fingerprint density at radius 2 is 2.26 bits per heavy atom. The van der Waals surface area contributed by atoms with Crippen molar-refractivity contribution in [1.29, 1.82) is 0 Å². The number of nitro groups is 1. The summed E-state index contributed by atoms with van der Waals surface area (Å²) in [5, 5.41) is 17.7. The van der Waals surface area contributed by atoms with Crippen molar-refractivity contribution < 1.29 is 9.31 Å². The Morgan fingerprint density at radius 3 is 2.84 bits per heavy atom. The maximum absolute atomic E-state index is 13.2. The second-order valence-electron chi connectivity index (χ2n) is 4.16. The summed E-state index contributed by atoms with van der Waals surface area (Å²) in [5.41, 5.74) is 1.95. The summed E-state index contributed by atoms with van der Waals surface area (Å²) in [6.07, 6.45) is 1.72. The zero-order chi connectivity index (χ0) is 14.0. The molecule has 6 nitrogen and oxygen atoms in total. The molecule has 0 aliphatic rings. The van der Waals surface area contributed by atoms with Crippen LogP contribution in [0, 0.1) is 22.9 Å². The molecule has 1 aromatic carbocycles. The summed E-state index contributed by atoms with van der Waals surface area (Å²) >= 11 is 0. The van der Waals surface area contributed by atoms with Gasteiger partial charge in [-0.1, -0.05) is 0 Å². The number of hydrogen-bond acceptors (Lipinski definition) is 4. The van der Waals surface area contributed by atoms with Crippen LogP contribution in [-0.2, 0) is 13.6 Å². The van der Waals surface area contributed by atoms with Gasteiger partial charge in [0.25, 0.3) is 0 Å². The Kier molecular flexibility index (Phi) is 3.46. The third kappa shape index (κ3) is 2.70. The van der Waals surface area contributed by atoms with Crippen molar-refractivity contribution in [2.75, 3.05) is 5.32 Å². The molecule has 100 valence electrons. The van der Waals surface area contributed by atoms with Crippen molar-refractivity contribution in [2.45, 2.75) is 13.5 Å². The smallest absolute Gasteiger partial charge is 0.306 e. The average Bonchev–Trinajstić information content (AvgIpc) is 2.69. The largest absolute Gasteiger partial charge is 0.381 e. The molecule has 7 heteroatoms. The molecule has 1 heterocycles. The molecule has 19 heavy (non-hydrogen) atoms. The van der Waals surface area contributed by atoms with Crippen molar-refractivity contribution in [3.63, 3.8) is 0 Å². The number of nitrogens with zero attached hydrogens (tertiary/aromatic N) is 3. The van der Waals surface area contributed by atoms with Gasteiger partial charge in [0.05, 0.1) is 11.1 Å². The van der Waals surface area contributed by atoms with Gasteiger partial charge in [-0.2, -0.15) is 9.49 Å². The lowest BCUT2D eigenvalue weighted by atomic mass is 10.2. The van der Waals surface area contributed by atoms with Crippen LogP contribution in [-0.4, -0.2) is 14.7 Å². The molecule has 2 rings (SSSR count). The standard InChI is InChI=1S/C12H13FN4O2/c1-8-9(7-15-16(8)2)6-14-10-3-4-11(13)12(5-10)17(18)19/h3-5,7,14H,6H2,1-2H3. The third-order valence-corrected chi connectivity index (χ3v) is 2.96. The molecule has 0 radical (unpaired) electrons. The summed E-state index contributed by atoms with van der Waals surface area (Å²) in [6.45, 7) is 2.40. The number of aromatic nitrogens is 2. The number of hydrogen-bond donors (Lipinski definition) is 1. The molecule has 0 saturated carbocycles. The van der Waals surface area contributed by atoms with E-state index in [1.807, 2.05) is 14.0 Å². The zero-order valence-electron chi connectivity index (χ0n) is 10.6. The van der Waals surface area contributed by atoms with Crippen LogP contribution in [0.1, 0.15) is 11.3 Å². The number of anilines is 1. The van der Waals surface area contributed by atoms with Crippen molar-refractivity contribution in [2.24, 2.45) is 7.05 Å². The van der Waals surface area contributed by atoms with Gasteiger partial charge < -0.3 is 5.32 Å². The summed E-state index contributed by atoms with van der Waals surface area (Å²) in [7, 11) is 1.83. The van der Waals surface area contributed by atoms with Crippen LogP contribution in [0.3, 0.4) is 0 Å². The second kappa shape index (κ2) is 5.05. The predicted octanol–water partition coefficient (Wildman–Crippen LogP) is 2.39. The molecule has 0 aliphatic carbocycles. The van der Waals surface area contributed by atoms with Gasteiger partial charge in [0.2, 0.25) is 5.82 Å². The van der Waals surface area contributed by atoms with E-state index in [0.717, 1.165) is 17.3 Å². The number of nitrogens with one attached hydrogen (secondary N) is 1. The molecule has 0 amide bonds. The number of nitro benzene ring substituents is 1. The molecule has 0 bridgehead atoms. The van der Waals surface area contributed by atoms with E-state index in [4.69, 9.17) is 0 Å². The summed E-state index contributed by atoms with van der Waals surface area (Å²) in [4.78, 5) is 9.89. The van der Waals surface area contributed by atoms with Crippen LogP contribution in [0.15, 0.2) is 24.4 Å². The Balaban J connectivity index is 2.14. The van der Waals surface area contributed by atoms with E-state index in [1.165, 1.54) is 12.1 Å². The van der Waals surface area contributed by atoms with E-state index in [1.54, 1.807) is 10.9 Å². The van der Waals surface area contributed by atoms with Gasteiger partial charge in [-0.25, -0.2) is 0 Å². The van der Waals surface area contributed by atoms with Gasteiger partial charge in [-0.15, -0.1) is 0 Å². The Bertz CT molecular complexity index is 624. The predicted molar refractivity (Wildman–Crippen MR) is 68.3 cm³/mol. The van der Waals surface area contributed by atoms with Crippen LogP contribution >= 0.6 is 0 Å². The maximum atomic E-state index is 13.2. The minimum Gasteiger partial charge on any atom is -0.381 e. The van der Waals surface area contributed by atoms with Gasteiger partial charge >= 0.3 is 5.69 Å². The fourth-order valence-corrected chi connectivity index (χ4v) is 1.68. The SMILES string of the molecule is Cc1c(CNc2ccc(F)c([N+](=O)[O-])c2)cnn1C. The lowest BCUT2D eigenvalue weighted by molar-refractivity contribution is -0.387. The second-order valence-corrected chi connectivity index (χ2v) is 4.16. The molecule has 0 atom stereocenters. The van der Waals surface area contributed by atoms with Gasteiger partial charge in [0.15, 0.2) is 0 Å². The number of halogens is 1. The topological polar surface area (TPSA) is 73.0 Å². The fourth-order valence-electron chi connectivity index (χ4n) is 1.68. The van der Waals surface area contributed by atoms with E-state index >= 15 is 0 Å². The Hall–Kier alpha value is -2.44. The van der Waals surface area contributed by atoms with E-state index in [-0.39, 0.29) is 0 Å². The molecule has 2 aromatic rings. The lowest BCUT2D eigenvalue weighted by Crippen LogP contribution is -2.02. The fraction of sp³-hybridized carbons (Fsp3) is 0.250. The molecule has 0 saturated heterocycles. The van der Waals surface area contributed by atoms with Crippen LogP contribution in [0.25, 0.3) is 0 Å². The molecule has 0 fully saturated rings. The highest BCUT2D eigenvalue weighted by atomic mass is 19.1. The minimum atomic E-state index is -0.840. The van der Waals surface area contributed by atoms with Crippen molar-refractivity contribution in [3.8, 4) is 0 Å². The third-order valence-electron chi connectivity index (χ3n) is 2.96. The molecule has 1 N–H and O–H groups in total. The van der Waals surface area contributed by atoms with Crippen molar-refractivity contribution >= 4 is 11.4 Å². The van der Waals surface area contributed by atoms with Crippen LogP contribution in [0.2, 0.25) is 0 Å². The van der Waals surface area contributed by atoms with E-state index < -0.39 is 16.4 Å². The molecular weight excluding hydrogens is 251 g/mol. The summed E-state index contributed by atoms with van der Waals surface area (Å²) in [5.74, 6) is -0.840. The Labute approximate surface area is 109 Å². The monoisotopic (exact) mass is 264 g/mol. The first kappa shape index (κ1) is 13.0.